The molecule has 0 atom stereocenters. The Bertz CT molecular complexity index is 1130. The SMILES string of the molecule is COc1ccccc1OCCOc1ccc(/C=C2/C(=N)N3C(SC)=NSC3=NC2=O)cc1. The van der Waals surface area contributed by atoms with Crippen molar-refractivity contribution in [3.63, 3.8) is 0 Å². The zero-order valence-corrected chi connectivity index (χ0v) is 19.0. The van der Waals surface area contributed by atoms with Crippen LogP contribution in [0.2, 0.25) is 0 Å². The minimum Gasteiger partial charge on any atom is -0.493 e. The second-order valence-corrected chi connectivity index (χ2v) is 8.03. The monoisotopic (exact) mass is 468 g/mol. The lowest BCUT2D eigenvalue weighted by Gasteiger charge is -2.23. The van der Waals surface area contributed by atoms with Gasteiger partial charge in [0.2, 0.25) is 5.17 Å². The van der Waals surface area contributed by atoms with Gasteiger partial charge in [-0.05, 0) is 42.2 Å². The molecule has 4 rings (SSSR count). The van der Waals surface area contributed by atoms with E-state index >= 15 is 0 Å². The van der Waals surface area contributed by atoms with Gasteiger partial charge >= 0.3 is 0 Å². The smallest absolute Gasteiger partial charge is 0.283 e. The maximum atomic E-state index is 12.4. The molecule has 2 heterocycles. The zero-order chi connectivity index (χ0) is 22.5. The third-order valence-corrected chi connectivity index (χ3v) is 6.00. The van der Waals surface area contributed by atoms with Gasteiger partial charge in [0.15, 0.2) is 16.7 Å². The number of amidine groups is 3. The van der Waals surface area contributed by atoms with Gasteiger partial charge < -0.3 is 14.2 Å². The molecule has 2 aliphatic rings. The van der Waals surface area contributed by atoms with Gasteiger partial charge in [0.25, 0.3) is 5.91 Å². The normalized spacial score (nSPS) is 16.6. The highest BCUT2D eigenvalue weighted by Crippen LogP contribution is 2.31. The molecule has 0 aliphatic carbocycles. The van der Waals surface area contributed by atoms with Crippen LogP contribution in [0.15, 0.2) is 63.5 Å². The summed E-state index contributed by atoms with van der Waals surface area (Å²) in [6.45, 7) is 0.730. The molecule has 0 fully saturated rings. The minimum atomic E-state index is -0.444. The zero-order valence-electron chi connectivity index (χ0n) is 17.4. The number of rotatable bonds is 7. The summed E-state index contributed by atoms with van der Waals surface area (Å²) in [7, 11) is 1.60. The van der Waals surface area contributed by atoms with E-state index in [4.69, 9.17) is 19.6 Å². The number of para-hydroxylation sites is 2. The highest BCUT2D eigenvalue weighted by Gasteiger charge is 2.36. The fourth-order valence-corrected chi connectivity index (χ4v) is 4.46. The number of thioether (sulfide) groups is 1. The summed E-state index contributed by atoms with van der Waals surface area (Å²) in [5.41, 5.74) is 0.987. The maximum absolute atomic E-state index is 12.4. The third kappa shape index (κ3) is 4.66. The Morgan fingerprint density at radius 2 is 1.81 bits per heavy atom. The first-order valence-electron chi connectivity index (χ1n) is 9.62. The number of carbonyl (C=O) groups is 1. The molecule has 0 saturated heterocycles. The molecule has 0 bridgehead atoms. The summed E-state index contributed by atoms with van der Waals surface area (Å²) < 4.78 is 20.9. The van der Waals surface area contributed by atoms with Crippen molar-refractivity contribution in [3.8, 4) is 17.2 Å². The molecule has 2 aromatic rings. The number of nitrogens with zero attached hydrogens (tertiary/aromatic N) is 3. The molecular formula is C22H20N4O4S2. The van der Waals surface area contributed by atoms with Crippen molar-refractivity contribution in [1.82, 2.24) is 4.90 Å². The van der Waals surface area contributed by atoms with Crippen molar-refractivity contribution in [1.29, 1.82) is 5.41 Å². The van der Waals surface area contributed by atoms with Gasteiger partial charge in [-0.3, -0.25) is 10.2 Å². The third-order valence-electron chi connectivity index (χ3n) is 4.55. The van der Waals surface area contributed by atoms with Gasteiger partial charge in [-0.15, -0.1) is 0 Å². The van der Waals surface area contributed by atoms with E-state index in [2.05, 4.69) is 9.39 Å². The fourth-order valence-electron chi connectivity index (χ4n) is 3.01. The number of aliphatic imine (C=N–C) groups is 1. The molecule has 0 aromatic heterocycles. The summed E-state index contributed by atoms with van der Waals surface area (Å²) in [6, 6.07) is 14.7. The first kappa shape index (κ1) is 22.0. The lowest BCUT2D eigenvalue weighted by Crippen LogP contribution is -2.41. The standard InChI is InChI=1S/C22H20N4O4S2/c1-28-17-5-3-4-6-18(17)30-12-11-29-15-9-7-14(8-10-15)13-16-19(23)26-21(24-20(16)27)32-25-22(26)31-2/h3-10,13,23H,11-12H2,1-2H3/b16-13-,23-19?. The molecule has 10 heteroatoms. The number of fused-ring (bicyclic) bond motifs is 1. The summed E-state index contributed by atoms with van der Waals surface area (Å²) in [5.74, 6) is 1.64. The Hall–Kier alpha value is -3.24. The molecule has 8 nitrogen and oxygen atoms in total. The lowest BCUT2D eigenvalue weighted by molar-refractivity contribution is -0.114. The van der Waals surface area contributed by atoms with Crippen LogP contribution in [0.5, 0.6) is 17.2 Å². The van der Waals surface area contributed by atoms with Crippen LogP contribution in [0, 0.1) is 5.41 Å². The molecule has 2 aliphatic heterocycles. The van der Waals surface area contributed by atoms with Crippen LogP contribution in [-0.4, -0.2) is 53.6 Å². The predicted octanol–water partition coefficient (Wildman–Crippen LogP) is 4.09. The van der Waals surface area contributed by atoms with Gasteiger partial charge in [0.1, 0.15) is 24.8 Å². The largest absolute Gasteiger partial charge is 0.493 e. The quantitative estimate of drug-likeness (QED) is 0.371. The summed E-state index contributed by atoms with van der Waals surface area (Å²) in [6.07, 6.45) is 3.52. The van der Waals surface area contributed by atoms with Crippen molar-refractivity contribution in [2.75, 3.05) is 26.6 Å². The van der Waals surface area contributed by atoms with E-state index in [0.717, 1.165) is 17.5 Å². The fraction of sp³-hybridized carbons (Fsp3) is 0.182. The van der Waals surface area contributed by atoms with Gasteiger partial charge in [-0.2, -0.15) is 9.39 Å². The van der Waals surface area contributed by atoms with E-state index in [0.29, 0.717) is 40.8 Å². The second kappa shape index (κ2) is 9.92. The molecule has 32 heavy (non-hydrogen) atoms. The molecule has 0 radical (unpaired) electrons. The number of hydrogen-bond donors (Lipinski definition) is 1. The van der Waals surface area contributed by atoms with E-state index in [1.807, 2.05) is 54.8 Å². The summed E-state index contributed by atoms with van der Waals surface area (Å²) >= 11 is 2.51. The topological polar surface area (TPSA) is 96.6 Å². The number of benzene rings is 2. The van der Waals surface area contributed by atoms with Crippen LogP contribution in [0.1, 0.15) is 5.56 Å². The molecule has 0 spiro atoms. The Morgan fingerprint density at radius 3 is 2.53 bits per heavy atom. The average Bonchev–Trinajstić information content (AvgIpc) is 3.23. The Kier molecular flexibility index (Phi) is 6.81. The molecule has 0 unspecified atom stereocenters. The van der Waals surface area contributed by atoms with Crippen molar-refractivity contribution >= 4 is 51.9 Å². The van der Waals surface area contributed by atoms with E-state index in [-0.39, 0.29) is 11.4 Å². The second-order valence-electron chi connectivity index (χ2n) is 6.53. The van der Waals surface area contributed by atoms with Crippen LogP contribution in [-0.2, 0) is 4.79 Å². The van der Waals surface area contributed by atoms with Crippen LogP contribution in [0.4, 0.5) is 0 Å². The summed E-state index contributed by atoms with van der Waals surface area (Å²) in [5, 5.41) is 9.50. The average molecular weight is 469 g/mol. The molecular weight excluding hydrogens is 448 g/mol. The van der Waals surface area contributed by atoms with Gasteiger partial charge in [-0.1, -0.05) is 36.0 Å². The minimum absolute atomic E-state index is 0.0758. The number of hydrogen-bond acceptors (Lipinski definition) is 8. The molecule has 164 valence electrons. The Labute approximate surface area is 194 Å². The van der Waals surface area contributed by atoms with Crippen molar-refractivity contribution < 1.29 is 19.0 Å². The highest BCUT2D eigenvalue weighted by atomic mass is 32.2. The number of carbonyl (C=O) groups excluding carboxylic acids is 1. The van der Waals surface area contributed by atoms with Gasteiger partial charge in [0.05, 0.1) is 24.6 Å². The number of methoxy groups -OCH3 is 1. The Morgan fingerprint density at radius 1 is 1.09 bits per heavy atom. The van der Waals surface area contributed by atoms with Crippen molar-refractivity contribution in [2.45, 2.75) is 0 Å². The number of ether oxygens (including phenoxy) is 3. The van der Waals surface area contributed by atoms with E-state index < -0.39 is 5.91 Å². The van der Waals surface area contributed by atoms with Crippen LogP contribution in [0.3, 0.4) is 0 Å². The van der Waals surface area contributed by atoms with Gasteiger partial charge in [0, 0.05) is 0 Å². The first-order chi connectivity index (χ1) is 15.6. The molecule has 2 aromatic carbocycles. The van der Waals surface area contributed by atoms with E-state index in [1.165, 1.54) is 11.8 Å². The van der Waals surface area contributed by atoms with Crippen LogP contribution >= 0.6 is 23.7 Å². The van der Waals surface area contributed by atoms with Crippen molar-refractivity contribution in [2.24, 2.45) is 9.39 Å². The molecule has 0 saturated carbocycles. The van der Waals surface area contributed by atoms with Crippen LogP contribution < -0.4 is 14.2 Å². The highest BCUT2D eigenvalue weighted by molar-refractivity contribution is 8.18. The number of nitrogens with one attached hydrogen (secondary N) is 1. The lowest BCUT2D eigenvalue weighted by atomic mass is 10.1. The first-order valence-corrected chi connectivity index (χ1v) is 11.6. The van der Waals surface area contributed by atoms with Crippen molar-refractivity contribution in [3.05, 3.63) is 59.7 Å². The Balaban J connectivity index is 1.36. The molecule has 1 amide bonds. The van der Waals surface area contributed by atoms with Gasteiger partial charge in [-0.25, -0.2) is 4.90 Å². The van der Waals surface area contributed by atoms with E-state index in [1.54, 1.807) is 18.1 Å². The predicted molar refractivity (Wildman–Crippen MR) is 129 cm³/mol. The summed E-state index contributed by atoms with van der Waals surface area (Å²) in [4.78, 5) is 18.1. The van der Waals surface area contributed by atoms with E-state index in [9.17, 15) is 4.79 Å². The molecule has 1 N–H and O–H groups in total. The maximum Gasteiger partial charge on any atom is 0.283 e. The van der Waals surface area contributed by atoms with Crippen LogP contribution in [0.25, 0.3) is 6.08 Å². The number of amides is 1.